The lowest BCUT2D eigenvalue weighted by Crippen LogP contribution is -2.22. The predicted molar refractivity (Wildman–Crippen MR) is 66.3 cm³/mol. The molecule has 16 heavy (non-hydrogen) atoms. The Bertz CT molecular complexity index is 413. The van der Waals surface area contributed by atoms with Crippen LogP contribution in [-0.4, -0.2) is 9.97 Å². The summed E-state index contributed by atoms with van der Waals surface area (Å²) in [4.78, 5) is 8.32. The second-order valence-electron chi connectivity index (χ2n) is 3.80. The Morgan fingerprint density at radius 1 is 1.19 bits per heavy atom. The fourth-order valence-electron chi connectivity index (χ4n) is 1.64. The zero-order chi connectivity index (χ0) is 11.4. The third kappa shape index (κ3) is 2.65. The van der Waals surface area contributed by atoms with Crippen LogP contribution in [0.15, 0.2) is 35.4 Å². The topological polar surface area (TPSA) is 37.8 Å². The average Bonchev–Trinajstić information content (AvgIpc) is 2.83. The van der Waals surface area contributed by atoms with Gasteiger partial charge in [0.15, 0.2) is 0 Å². The van der Waals surface area contributed by atoms with Gasteiger partial charge in [-0.25, -0.2) is 4.98 Å². The normalized spacial score (nSPS) is 14.6. The molecule has 2 aromatic heterocycles. The second kappa shape index (κ2) is 5.18. The number of rotatable bonds is 4. The molecule has 84 valence electrons. The first-order valence-electron chi connectivity index (χ1n) is 5.31. The number of thiazole rings is 1. The first-order valence-corrected chi connectivity index (χ1v) is 6.25. The van der Waals surface area contributed by atoms with E-state index in [9.17, 15) is 0 Å². The van der Waals surface area contributed by atoms with Crippen molar-refractivity contribution in [1.82, 2.24) is 15.3 Å². The molecule has 2 rings (SSSR count). The number of pyridine rings is 1. The number of nitrogens with one attached hydrogen (secondary N) is 1. The zero-order valence-electron chi connectivity index (χ0n) is 9.42. The van der Waals surface area contributed by atoms with Gasteiger partial charge in [0.2, 0.25) is 0 Å². The molecular weight excluding hydrogens is 218 g/mol. The molecule has 0 radical (unpaired) electrons. The molecule has 0 bridgehead atoms. The number of aromatic nitrogens is 2. The first-order chi connectivity index (χ1) is 7.77. The highest BCUT2D eigenvalue weighted by Gasteiger charge is 2.11. The largest absolute Gasteiger partial charge is 0.302 e. The van der Waals surface area contributed by atoms with Crippen LogP contribution in [0.1, 0.15) is 37.2 Å². The summed E-state index contributed by atoms with van der Waals surface area (Å²) in [5.41, 5.74) is 4.22. The molecule has 2 atom stereocenters. The van der Waals surface area contributed by atoms with Crippen LogP contribution in [0.5, 0.6) is 0 Å². The maximum Gasteiger partial charge on any atom is 0.0795 e. The summed E-state index contributed by atoms with van der Waals surface area (Å²) in [6.07, 6.45) is 3.64. The molecular formula is C12H15N3S. The monoisotopic (exact) mass is 233 g/mol. The minimum Gasteiger partial charge on any atom is -0.302 e. The Morgan fingerprint density at radius 2 is 1.94 bits per heavy atom. The SMILES string of the molecule is CC(N[C@H](C)c1ccncc1)c1cscn1. The van der Waals surface area contributed by atoms with Crippen molar-refractivity contribution in [2.45, 2.75) is 25.9 Å². The van der Waals surface area contributed by atoms with Gasteiger partial charge in [-0.1, -0.05) is 0 Å². The Morgan fingerprint density at radius 3 is 2.56 bits per heavy atom. The molecule has 2 aromatic rings. The molecule has 0 amide bonds. The molecule has 0 saturated heterocycles. The first kappa shape index (κ1) is 11.2. The van der Waals surface area contributed by atoms with Gasteiger partial charge in [-0.05, 0) is 31.5 Å². The van der Waals surface area contributed by atoms with Gasteiger partial charge in [0, 0.05) is 29.9 Å². The predicted octanol–water partition coefficient (Wildman–Crippen LogP) is 2.95. The van der Waals surface area contributed by atoms with Crippen molar-refractivity contribution in [3.8, 4) is 0 Å². The molecule has 0 aliphatic heterocycles. The van der Waals surface area contributed by atoms with Crippen LogP contribution in [0, 0.1) is 0 Å². The van der Waals surface area contributed by atoms with E-state index in [4.69, 9.17) is 0 Å². The molecule has 0 aliphatic carbocycles. The van der Waals surface area contributed by atoms with Crippen LogP contribution in [0.25, 0.3) is 0 Å². The molecule has 0 spiro atoms. The summed E-state index contributed by atoms with van der Waals surface area (Å²) in [5.74, 6) is 0. The lowest BCUT2D eigenvalue weighted by atomic mass is 10.1. The van der Waals surface area contributed by atoms with Crippen LogP contribution in [-0.2, 0) is 0 Å². The van der Waals surface area contributed by atoms with Crippen LogP contribution in [0.4, 0.5) is 0 Å². The van der Waals surface area contributed by atoms with Crippen LogP contribution < -0.4 is 5.32 Å². The molecule has 3 nitrogen and oxygen atoms in total. The zero-order valence-corrected chi connectivity index (χ0v) is 10.2. The van der Waals surface area contributed by atoms with E-state index in [-0.39, 0.29) is 6.04 Å². The molecule has 0 aliphatic rings. The number of hydrogen-bond donors (Lipinski definition) is 1. The fourth-order valence-corrected chi connectivity index (χ4v) is 2.29. The molecule has 1 unspecified atom stereocenters. The van der Waals surface area contributed by atoms with Gasteiger partial charge < -0.3 is 5.32 Å². The average molecular weight is 233 g/mol. The molecule has 4 heteroatoms. The van der Waals surface area contributed by atoms with Gasteiger partial charge >= 0.3 is 0 Å². The van der Waals surface area contributed by atoms with Gasteiger partial charge in [0.05, 0.1) is 11.2 Å². The van der Waals surface area contributed by atoms with Crippen molar-refractivity contribution in [1.29, 1.82) is 0 Å². The van der Waals surface area contributed by atoms with E-state index < -0.39 is 0 Å². The molecule has 0 saturated carbocycles. The van der Waals surface area contributed by atoms with Gasteiger partial charge in [-0.2, -0.15) is 0 Å². The summed E-state index contributed by atoms with van der Waals surface area (Å²) in [6.45, 7) is 4.28. The maximum atomic E-state index is 4.31. The van der Waals surface area contributed by atoms with Gasteiger partial charge in [-0.15, -0.1) is 11.3 Å². The highest BCUT2D eigenvalue weighted by molar-refractivity contribution is 7.07. The Labute approximate surface area is 99.6 Å². The highest BCUT2D eigenvalue weighted by Crippen LogP contribution is 2.18. The van der Waals surface area contributed by atoms with E-state index in [1.165, 1.54) is 5.56 Å². The van der Waals surface area contributed by atoms with Crippen molar-refractivity contribution >= 4 is 11.3 Å². The van der Waals surface area contributed by atoms with Gasteiger partial charge in [0.1, 0.15) is 0 Å². The summed E-state index contributed by atoms with van der Waals surface area (Å²) < 4.78 is 0. The quantitative estimate of drug-likeness (QED) is 0.882. The summed E-state index contributed by atoms with van der Waals surface area (Å²) in [7, 11) is 0. The lowest BCUT2D eigenvalue weighted by molar-refractivity contribution is 0.487. The summed E-state index contributed by atoms with van der Waals surface area (Å²) >= 11 is 1.63. The molecule has 0 aromatic carbocycles. The van der Waals surface area contributed by atoms with E-state index >= 15 is 0 Å². The number of hydrogen-bond acceptors (Lipinski definition) is 4. The lowest BCUT2D eigenvalue weighted by Gasteiger charge is -2.18. The standard InChI is InChI=1S/C12H15N3S/c1-9(11-3-5-13-6-4-11)15-10(2)12-7-16-8-14-12/h3-10,15H,1-2H3/t9-,10?/m1/s1. The van der Waals surface area contributed by atoms with Crippen molar-refractivity contribution < 1.29 is 0 Å². The highest BCUT2D eigenvalue weighted by atomic mass is 32.1. The minimum absolute atomic E-state index is 0.273. The van der Waals surface area contributed by atoms with E-state index in [2.05, 4.69) is 34.5 Å². The third-order valence-electron chi connectivity index (χ3n) is 2.60. The fraction of sp³-hybridized carbons (Fsp3) is 0.333. The van der Waals surface area contributed by atoms with Crippen molar-refractivity contribution in [3.05, 3.63) is 46.7 Å². The summed E-state index contributed by atoms with van der Waals surface area (Å²) in [5, 5.41) is 5.60. The number of nitrogens with zero attached hydrogens (tertiary/aromatic N) is 2. The second-order valence-corrected chi connectivity index (χ2v) is 4.52. The van der Waals surface area contributed by atoms with Crippen LogP contribution in [0.2, 0.25) is 0 Å². The Hall–Kier alpha value is -1.26. The molecule has 1 N–H and O–H groups in total. The van der Waals surface area contributed by atoms with E-state index in [1.54, 1.807) is 11.3 Å². The van der Waals surface area contributed by atoms with Crippen LogP contribution >= 0.6 is 11.3 Å². The third-order valence-corrected chi connectivity index (χ3v) is 3.21. The molecule has 2 heterocycles. The molecule has 0 fully saturated rings. The minimum atomic E-state index is 0.273. The summed E-state index contributed by atoms with van der Waals surface area (Å²) in [6, 6.07) is 4.64. The van der Waals surface area contributed by atoms with Crippen LogP contribution in [0.3, 0.4) is 0 Å². The Balaban J connectivity index is 2.00. The smallest absolute Gasteiger partial charge is 0.0795 e. The van der Waals surface area contributed by atoms with Crippen molar-refractivity contribution in [2.24, 2.45) is 0 Å². The van der Waals surface area contributed by atoms with E-state index in [0.717, 1.165) is 5.69 Å². The van der Waals surface area contributed by atoms with Crippen molar-refractivity contribution in [3.63, 3.8) is 0 Å². The van der Waals surface area contributed by atoms with Gasteiger partial charge in [-0.3, -0.25) is 4.98 Å². The van der Waals surface area contributed by atoms with Gasteiger partial charge in [0.25, 0.3) is 0 Å². The van der Waals surface area contributed by atoms with E-state index in [1.807, 2.05) is 30.0 Å². The van der Waals surface area contributed by atoms with Crippen molar-refractivity contribution in [2.75, 3.05) is 0 Å². The van der Waals surface area contributed by atoms with E-state index in [0.29, 0.717) is 6.04 Å². The Kier molecular flexibility index (Phi) is 3.64. The maximum absolute atomic E-state index is 4.31.